The number of ether oxygens (including phenoxy) is 5. The molecule has 6 aromatic rings. The molecule has 1 fully saturated rings. The van der Waals surface area contributed by atoms with Crippen molar-refractivity contribution < 1.29 is 78.5 Å². The summed E-state index contributed by atoms with van der Waals surface area (Å²) in [5, 5.41) is 22.7. The standard InChI is InChI=1S/C21H28BrF2N3O3S.C15H20F2N2O4S.C10H15BrN2O3S.C9H7BFNO2/c1-13(9-14-7-8-16(25-10-14)21(5,23)24)11-27(19(28)30-20(2,3)4)18-26-15(12-29-6)17(22)31-18;1-14(2,3)23-13(20)19-11(9-22-24(19)21)7-10-5-6-12(18-8-10)15(4,16)17;1-10(2,3)16-9(14)13-8-12-6(5-15-4)7(11)17-8;11-9-4-7-3-8(10(13)14)2-1-6(7)5-12-9/h7-8,10,13H,9,11-12H2,1-6H3;5-6,8,11H,7,9H2,1-4H3;5H2,1-4H3,(H,12,13,14);1-5,13-14H/t13-;;;/m0.../s1. The third-order valence-corrected chi connectivity index (χ3v) is 15.5. The molecule has 1 aliphatic heterocycles. The predicted molar refractivity (Wildman–Crippen MR) is 326 cm³/mol. The molecular weight excluding hydrogens is 1330 g/mol. The van der Waals surface area contributed by atoms with Gasteiger partial charge in [-0.25, -0.2) is 33.5 Å². The number of thiazole rings is 2. The number of amides is 3. The van der Waals surface area contributed by atoms with Gasteiger partial charge in [-0.05, 0) is 147 Å². The van der Waals surface area contributed by atoms with Crippen molar-refractivity contribution in [3.8, 4) is 0 Å². The van der Waals surface area contributed by atoms with Crippen molar-refractivity contribution in [2.75, 3.05) is 37.6 Å². The summed E-state index contributed by atoms with van der Waals surface area (Å²) in [7, 11) is 1.63. The van der Waals surface area contributed by atoms with Crippen molar-refractivity contribution in [2.24, 2.45) is 5.92 Å². The molecule has 0 bridgehead atoms. The van der Waals surface area contributed by atoms with Crippen molar-refractivity contribution in [3.63, 3.8) is 0 Å². The minimum absolute atomic E-state index is 0.00384. The lowest BCUT2D eigenvalue weighted by Crippen LogP contribution is -2.41. The Morgan fingerprint density at radius 1 is 0.767 bits per heavy atom. The Morgan fingerprint density at radius 2 is 1.31 bits per heavy atom. The Hall–Kier alpha value is -5.38. The smallest absolute Gasteiger partial charge is 0.444 e. The number of nitrogens with one attached hydrogen (secondary N) is 1. The normalized spacial score (nSPS) is 14.8. The minimum atomic E-state index is -3.01. The molecule has 3 N–H and O–H groups in total. The first-order valence-electron chi connectivity index (χ1n) is 26.2. The van der Waals surface area contributed by atoms with Gasteiger partial charge in [-0.15, -0.1) is 0 Å². The molecule has 5 aromatic heterocycles. The van der Waals surface area contributed by atoms with Crippen LogP contribution in [0, 0.1) is 11.9 Å². The Bertz CT molecular complexity index is 3220. The Morgan fingerprint density at radius 3 is 1.83 bits per heavy atom. The van der Waals surface area contributed by atoms with Crippen LogP contribution < -0.4 is 15.7 Å². The number of methoxy groups -OCH3 is 2. The molecule has 3 atom stereocenters. The monoisotopic (exact) mass is 1390 g/mol. The Labute approximate surface area is 524 Å². The second kappa shape index (κ2) is 31.7. The number of aromatic nitrogens is 5. The lowest BCUT2D eigenvalue weighted by atomic mass is 9.79. The van der Waals surface area contributed by atoms with Crippen LogP contribution in [0.5, 0.6) is 0 Å². The molecule has 0 radical (unpaired) electrons. The van der Waals surface area contributed by atoms with Crippen molar-refractivity contribution >= 4 is 118 Å². The molecule has 1 aromatic carbocycles. The van der Waals surface area contributed by atoms with E-state index >= 15 is 0 Å². The summed E-state index contributed by atoms with van der Waals surface area (Å²) < 4.78 is 111. The van der Waals surface area contributed by atoms with E-state index in [2.05, 4.69) is 62.1 Å². The Kier molecular flexibility index (Phi) is 26.9. The first-order chi connectivity index (χ1) is 39.7. The molecule has 0 saturated carbocycles. The summed E-state index contributed by atoms with van der Waals surface area (Å²) in [6.07, 6.45) is 3.25. The van der Waals surface area contributed by atoms with E-state index in [1.165, 1.54) is 76.5 Å². The zero-order valence-electron chi connectivity index (χ0n) is 49.8. The van der Waals surface area contributed by atoms with Gasteiger partial charge in [-0.1, -0.05) is 59.9 Å². The van der Waals surface area contributed by atoms with Crippen LogP contribution >= 0.6 is 54.5 Å². The highest BCUT2D eigenvalue weighted by atomic mass is 79.9. The molecule has 31 heteroatoms. The van der Waals surface area contributed by atoms with Gasteiger partial charge >= 0.3 is 25.4 Å². The van der Waals surface area contributed by atoms with Crippen molar-refractivity contribution in [3.05, 3.63) is 115 Å². The number of hydrogen-bond donors (Lipinski definition) is 3. The second-order valence-corrected chi connectivity index (χ2v) is 28.1. The number of halogens is 7. The highest BCUT2D eigenvalue weighted by molar-refractivity contribution is 9.11. The maximum absolute atomic E-state index is 13.4. The summed E-state index contributed by atoms with van der Waals surface area (Å²) in [5.41, 5.74) is 0.718. The van der Waals surface area contributed by atoms with E-state index in [9.17, 15) is 40.5 Å². The van der Waals surface area contributed by atoms with Crippen molar-refractivity contribution in [1.82, 2.24) is 29.2 Å². The fraction of sp³-hybridized carbons (Fsp3) is 0.491. The zero-order chi connectivity index (χ0) is 64.7. The van der Waals surface area contributed by atoms with E-state index in [1.54, 1.807) is 94.7 Å². The molecule has 6 heterocycles. The molecule has 3 amide bonds. The molecule has 2 unspecified atom stereocenters. The molecule has 472 valence electrons. The van der Waals surface area contributed by atoms with E-state index < -0.39 is 77.3 Å². The lowest BCUT2D eigenvalue weighted by Gasteiger charge is -2.27. The number of anilines is 2. The van der Waals surface area contributed by atoms with E-state index in [0.29, 0.717) is 58.5 Å². The van der Waals surface area contributed by atoms with Crippen LogP contribution in [0.4, 0.5) is 46.6 Å². The molecule has 86 heavy (non-hydrogen) atoms. The summed E-state index contributed by atoms with van der Waals surface area (Å²) in [4.78, 5) is 57.9. The zero-order valence-corrected chi connectivity index (χ0v) is 55.4. The van der Waals surface area contributed by atoms with Gasteiger partial charge in [0.15, 0.2) is 10.3 Å². The number of rotatable bonds is 15. The number of pyridine rings is 3. The SMILES string of the molecule is CC(C)(C)OC(=O)N1C(Cc2ccc(C(C)(F)F)nc2)COS1=O.COCc1nc(N(C[C@@H](C)Cc2ccc(C(C)(F)F)nc2)C(=O)OC(C)(C)C)sc1Br.COCc1nc(NC(=O)OC(C)(C)C)sc1Br.OB(O)c1ccc2cnc(F)cc2c1. The summed E-state index contributed by atoms with van der Waals surface area (Å²) in [6.45, 7) is 20.6. The number of carbonyl (C=O) groups is 3. The van der Waals surface area contributed by atoms with Crippen LogP contribution in [0.3, 0.4) is 0 Å². The third kappa shape index (κ3) is 24.7. The fourth-order valence-electron chi connectivity index (χ4n) is 7.21. The van der Waals surface area contributed by atoms with Gasteiger partial charge in [0.05, 0.1) is 44.8 Å². The van der Waals surface area contributed by atoms with Crippen molar-refractivity contribution in [2.45, 2.75) is 144 Å². The molecule has 1 saturated heterocycles. The molecular formula is C55H70BBr2F5N8O12S3. The molecule has 20 nitrogen and oxygen atoms in total. The predicted octanol–water partition coefficient (Wildman–Crippen LogP) is 12.6. The summed E-state index contributed by atoms with van der Waals surface area (Å²) in [6, 6.07) is 11.2. The molecule has 7 rings (SSSR count). The number of hydrogen-bond acceptors (Lipinski definition) is 19. The van der Waals surface area contributed by atoms with Gasteiger partial charge in [0, 0.05) is 64.7 Å². The van der Waals surface area contributed by atoms with Gasteiger partial charge in [0.2, 0.25) is 5.95 Å². The summed E-state index contributed by atoms with van der Waals surface area (Å²) >= 11 is 7.54. The number of fused-ring (bicyclic) bond motifs is 1. The van der Waals surface area contributed by atoms with Gasteiger partial charge < -0.3 is 33.7 Å². The number of carbonyl (C=O) groups excluding carboxylic acids is 3. The average Bonchev–Trinajstić information content (AvgIpc) is 2.49. The highest BCUT2D eigenvalue weighted by Crippen LogP contribution is 2.34. The maximum atomic E-state index is 13.4. The number of benzene rings is 1. The maximum Gasteiger partial charge on any atom is 0.488 e. The van der Waals surface area contributed by atoms with E-state index in [4.69, 9.17) is 37.9 Å². The second-order valence-electron chi connectivity index (χ2n) is 22.4. The van der Waals surface area contributed by atoms with Crippen LogP contribution in [-0.2, 0) is 77.0 Å². The van der Waals surface area contributed by atoms with Gasteiger partial charge in [0.1, 0.15) is 28.2 Å². The highest BCUT2D eigenvalue weighted by Gasteiger charge is 2.40. The van der Waals surface area contributed by atoms with Gasteiger partial charge in [0.25, 0.3) is 23.1 Å². The Balaban J connectivity index is 0.000000256. The molecule has 0 aliphatic carbocycles. The van der Waals surface area contributed by atoms with Crippen LogP contribution in [-0.4, -0.2) is 119 Å². The number of alkyl halides is 4. The van der Waals surface area contributed by atoms with Crippen LogP contribution in [0.1, 0.15) is 117 Å². The first kappa shape index (κ1) is 73.1. The summed E-state index contributed by atoms with van der Waals surface area (Å²) in [5.74, 6) is -6.58. The molecule has 0 spiro atoms. The largest absolute Gasteiger partial charge is 0.488 e. The minimum Gasteiger partial charge on any atom is -0.444 e. The molecule has 1 aliphatic rings. The van der Waals surface area contributed by atoms with Crippen LogP contribution in [0.25, 0.3) is 10.8 Å². The van der Waals surface area contributed by atoms with E-state index in [1.807, 2.05) is 6.92 Å². The lowest BCUT2D eigenvalue weighted by molar-refractivity contribution is 0.0121. The van der Waals surface area contributed by atoms with E-state index in [0.717, 1.165) is 42.4 Å². The van der Waals surface area contributed by atoms with Crippen LogP contribution in [0.2, 0.25) is 0 Å². The number of nitrogens with zero attached hydrogens (tertiary/aromatic N) is 7. The first-order valence-corrected chi connectivity index (χ1v) is 30.4. The quantitative estimate of drug-likeness (QED) is 0.0374. The average molecular weight is 1400 g/mol. The van der Waals surface area contributed by atoms with Gasteiger partial charge in [-0.3, -0.25) is 24.4 Å². The topological polar surface area (TPSA) is 247 Å². The van der Waals surface area contributed by atoms with Crippen molar-refractivity contribution in [1.29, 1.82) is 0 Å². The van der Waals surface area contributed by atoms with Gasteiger partial charge in [-0.2, -0.15) is 26.3 Å². The van der Waals surface area contributed by atoms with E-state index in [-0.39, 0.29) is 30.3 Å². The fourth-order valence-corrected chi connectivity index (χ4v) is 10.9. The third-order valence-electron chi connectivity index (χ3n) is 10.8. The van der Waals surface area contributed by atoms with Crippen LogP contribution in [0.15, 0.2) is 74.7 Å².